The molecule has 1 aliphatic rings. The molecule has 3 heterocycles. The van der Waals surface area contributed by atoms with E-state index in [1.165, 1.54) is 0 Å². The standard InChI is InChI=1S/C55H41N7/c1-36-34-44(35-37(2)56-36)46-29-17-28-45(38-30-32-43(33-31-38)54-58-50(39-18-7-3-8-19-39)57-51(59-54)40-20-9-4-10-21-40)49(46)47-26-15-16-27-48(47)55-61-52(41-22-11-5-12-23-41)60-53(62-55)42-24-13-6-14-25-42/h3-36,56H,1-2H3. The second-order valence-electron chi connectivity index (χ2n) is 15.3. The van der Waals surface area contributed by atoms with Crippen LogP contribution >= 0.6 is 0 Å². The van der Waals surface area contributed by atoms with E-state index in [9.17, 15) is 0 Å². The molecule has 2 aromatic heterocycles. The largest absolute Gasteiger partial charge is 0.383 e. The molecule has 9 aromatic rings. The fourth-order valence-electron chi connectivity index (χ4n) is 8.05. The van der Waals surface area contributed by atoms with Crippen LogP contribution < -0.4 is 5.32 Å². The van der Waals surface area contributed by atoms with E-state index in [0.717, 1.165) is 72.5 Å². The van der Waals surface area contributed by atoms with Gasteiger partial charge in [-0.15, -0.1) is 0 Å². The summed E-state index contributed by atoms with van der Waals surface area (Å²) in [4.78, 5) is 30.3. The average molecular weight is 800 g/mol. The van der Waals surface area contributed by atoms with E-state index in [0.29, 0.717) is 34.9 Å². The van der Waals surface area contributed by atoms with Gasteiger partial charge in [-0.3, -0.25) is 0 Å². The number of allylic oxidation sites excluding steroid dienone is 3. The Kier molecular flexibility index (Phi) is 10.3. The highest BCUT2D eigenvalue weighted by Gasteiger charge is 2.23. The number of hydrogen-bond donors (Lipinski definition) is 1. The fourth-order valence-corrected chi connectivity index (χ4v) is 8.05. The first-order valence-corrected chi connectivity index (χ1v) is 20.8. The third-order valence-corrected chi connectivity index (χ3v) is 10.9. The number of rotatable bonds is 9. The first-order valence-electron chi connectivity index (χ1n) is 20.8. The second-order valence-corrected chi connectivity index (χ2v) is 15.3. The van der Waals surface area contributed by atoms with Gasteiger partial charge >= 0.3 is 0 Å². The molecule has 1 atom stereocenters. The van der Waals surface area contributed by atoms with Gasteiger partial charge in [-0.25, -0.2) is 29.9 Å². The Bertz CT molecular complexity index is 2980. The third-order valence-electron chi connectivity index (χ3n) is 10.9. The monoisotopic (exact) mass is 799 g/mol. The molecule has 7 aromatic carbocycles. The quantitative estimate of drug-likeness (QED) is 0.155. The maximum Gasteiger partial charge on any atom is 0.164 e. The maximum absolute atomic E-state index is 5.18. The van der Waals surface area contributed by atoms with Crippen molar-refractivity contribution in [2.45, 2.75) is 19.9 Å². The van der Waals surface area contributed by atoms with Crippen molar-refractivity contribution in [1.29, 1.82) is 0 Å². The molecule has 7 nitrogen and oxygen atoms in total. The molecule has 1 N–H and O–H groups in total. The smallest absolute Gasteiger partial charge is 0.164 e. The lowest BCUT2D eigenvalue weighted by Gasteiger charge is -2.23. The summed E-state index contributed by atoms with van der Waals surface area (Å²) in [6, 6.07) is 64.1. The zero-order chi connectivity index (χ0) is 41.8. The number of dihydropyridines is 1. The van der Waals surface area contributed by atoms with Gasteiger partial charge in [0.15, 0.2) is 34.9 Å². The molecular formula is C55H41N7. The first kappa shape index (κ1) is 38.1. The van der Waals surface area contributed by atoms with Gasteiger partial charge in [0.25, 0.3) is 0 Å². The number of aromatic nitrogens is 6. The molecule has 7 heteroatoms. The van der Waals surface area contributed by atoms with Gasteiger partial charge in [0.1, 0.15) is 0 Å². The van der Waals surface area contributed by atoms with Gasteiger partial charge in [-0.2, -0.15) is 0 Å². The predicted octanol–water partition coefficient (Wildman–Crippen LogP) is 12.7. The van der Waals surface area contributed by atoms with Crippen LogP contribution in [0, 0.1) is 0 Å². The Labute approximate surface area is 361 Å². The Hall–Kier alpha value is -8.16. The first-order chi connectivity index (χ1) is 30.5. The van der Waals surface area contributed by atoms with Crippen molar-refractivity contribution in [2.24, 2.45) is 0 Å². The molecule has 0 fully saturated rings. The van der Waals surface area contributed by atoms with Gasteiger partial charge in [-0.05, 0) is 53.3 Å². The molecule has 0 amide bonds. The average Bonchev–Trinajstić information content (AvgIpc) is 3.34. The molecule has 10 rings (SSSR count). The third kappa shape index (κ3) is 7.83. The van der Waals surface area contributed by atoms with Gasteiger partial charge in [0.2, 0.25) is 0 Å². The van der Waals surface area contributed by atoms with E-state index in [1.807, 2.05) is 121 Å². The Morgan fingerprint density at radius 2 is 0.694 bits per heavy atom. The van der Waals surface area contributed by atoms with E-state index in [2.05, 4.69) is 98.0 Å². The van der Waals surface area contributed by atoms with Gasteiger partial charge in [0.05, 0.1) is 0 Å². The van der Waals surface area contributed by atoms with E-state index in [1.54, 1.807) is 0 Å². The Morgan fingerprint density at radius 3 is 1.15 bits per heavy atom. The molecule has 0 bridgehead atoms. The summed E-state index contributed by atoms with van der Waals surface area (Å²) in [5.74, 6) is 3.69. The van der Waals surface area contributed by atoms with Crippen LogP contribution in [0.5, 0.6) is 0 Å². The summed E-state index contributed by atoms with van der Waals surface area (Å²) in [5.41, 5.74) is 13.1. The van der Waals surface area contributed by atoms with Crippen molar-refractivity contribution >= 4 is 5.57 Å². The molecule has 0 spiro atoms. The highest BCUT2D eigenvalue weighted by Crippen LogP contribution is 2.43. The van der Waals surface area contributed by atoms with Crippen LogP contribution in [-0.4, -0.2) is 35.9 Å². The summed E-state index contributed by atoms with van der Waals surface area (Å²) >= 11 is 0. The molecule has 296 valence electrons. The van der Waals surface area contributed by atoms with Gasteiger partial charge in [-0.1, -0.05) is 194 Å². The van der Waals surface area contributed by atoms with Crippen LogP contribution in [0.15, 0.2) is 206 Å². The van der Waals surface area contributed by atoms with E-state index in [-0.39, 0.29) is 6.04 Å². The Morgan fingerprint density at radius 1 is 0.339 bits per heavy atom. The molecule has 62 heavy (non-hydrogen) atoms. The van der Waals surface area contributed by atoms with Crippen LogP contribution in [0.4, 0.5) is 0 Å². The summed E-state index contributed by atoms with van der Waals surface area (Å²) in [5, 5.41) is 3.56. The van der Waals surface area contributed by atoms with Crippen molar-refractivity contribution in [1.82, 2.24) is 35.2 Å². The van der Waals surface area contributed by atoms with Crippen molar-refractivity contribution in [3.63, 3.8) is 0 Å². The number of benzene rings is 7. The number of nitrogens with zero attached hydrogens (tertiary/aromatic N) is 6. The SMILES string of the molecule is CC1=CC(c2cccc(-c3ccc(-c4nc(-c5ccccc5)nc(-c5ccccc5)n4)cc3)c2-c2ccccc2-c2nc(-c3ccccc3)nc(-c3ccccc3)n2)=CC(C)N1. The topological polar surface area (TPSA) is 89.4 Å². The Balaban J connectivity index is 1.14. The normalized spacial score (nSPS) is 13.5. The lowest BCUT2D eigenvalue weighted by molar-refractivity contribution is 0.721. The van der Waals surface area contributed by atoms with Gasteiger partial charge < -0.3 is 5.32 Å². The summed E-state index contributed by atoms with van der Waals surface area (Å²) in [6.45, 7) is 4.30. The van der Waals surface area contributed by atoms with E-state index in [4.69, 9.17) is 29.9 Å². The fraction of sp³-hybridized carbons (Fsp3) is 0.0545. The summed E-state index contributed by atoms with van der Waals surface area (Å²) in [7, 11) is 0. The molecule has 0 radical (unpaired) electrons. The lowest BCUT2D eigenvalue weighted by Crippen LogP contribution is -2.25. The lowest BCUT2D eigenvalue weighted by atomic mass is 9.84. The van der Waals surface area contributed by atoms with Crippen LogP contribution in [0.1, 0.15) is 19.4 Å². The summed E-state index contributed by atoms with van der Waals surface area (Å²) in [6.07, 6.45) is 4.52. The van der Waals surface area contributed by atoms with Crippen molar-refractivity contribution in [2.75, 3.05) is 0 Å². The number of hydrogen-bond acceptors (Lipinski definition) is 7. The minimum Gasteiger partial charge on any atom is -0.383 e. The molecule has 0 aliphatic carbocycles. The molecular weight excluding hydrogens is 759 g/mol. The zero-order valence-electron chi connectivity index (χ0n) is 34.3. The second kappa shape index (κ2) is 16.8. The predicted molar refractivity (Wildman–Crippen MR) is 251 cm³/mol. The van der Waals surface area contributed by atoms with Crippen LogP contribution in [-0.2, 0) is 0 Å². The molecule has 1 unspecified atom stereocenters. The van der Waals surface area contributed by atoms with Crippen molar-refractivity contribution in [3.05, 3.63) is 211 Å². The van der Waals surface area contributed by atoms with Crippen molar-refractivity contribution in [3.8, 4) is 90.6 Å². The molecule has 0 saturated heterocycles. The number of nitrogens with one attached hydrogen (secondary N) is 1. The summed E-state index contributed by atoms with van der Waals surface area (Å²) < 4.78 is 0. The van der Waals surface area contributed by atoms with Crippen LogP contribution in [0.3, 0.4) is 0 Å². The van der Waals surface area contributed by atoms with Crippen LogP contribution in [0.25, 0.3) is 96.2 Å². The van der Waals surface area contributed by atoms with E-state index < -0.39 is 0 Å². The minimum atomic E-state index is 0.161. The van der Waals surface area contributed by atoms with E-state index >= 15 is 0 Å². The van der Waals surface area contributed by atoms with Crippen LogP contribution in [0.2, 0.25) is 0 Å². The molecule has 1 aliphatic heterocycles. The highest BCUT2D eigenvalue weighted by molar-refractivity contribution is 5.99. The molecule has 0 saturated carbocycles. The minimum absolute atomic E-state index is 0.161. The maximum atomic E-state index is 5.18. The highest BCUT2D eigenvalue weighted by atomic mass is 15.0. The zero-order valence-corrected chi connectivity index (χ0v) is 34.3. The van der Waals surface area contributed by atoms with Crippen molar-refractivity contribution < 1.29 is 0 Å². The van der Waals surface area contributed by atoms with Gasteiger partial charge in [0, 0.05) is 45.1 Å².